The Kier molecular flexibility index (Phi) is 5.96. The second kappa shape index (κ2) is 8.22. The van der Waals surface area contributed by atoms with E-state index in [9.17, 15) is 18.0 Å². The van der Waals surface area contributed by atoms with Crippen LogP contribution in [0.1, 0.15) is 37.7 Å². The van der Waals surface area contributed by atoms with Crippen molar-refractivity contribution >= 4 is 27.5 Å². The van der Waals surface area contributed by atoms with Gasteiger partial charge < -0.3 is 10.2 Å². The van der Waals surface area contributed by atoms with Crippen LogP contribution in [-0.2, 0) is 26.0 Å². The van der Waals surface area contributed by atoms with E-state index < -0.39 is 10.0 Å². The Morgan fingerprint density at radius 2 is 2.07 bits per heavy atom. The number of hydrogen-bond acceptors (Lipinski definition) is 4. The molecule has 2 amide bonds. The van der Waals surface area contributed by atoms with Gasteiger partial charge in [-0.25, -0.2) is 13.1 Å². The standard InChI is InChI=1S/C19H25N3O4S/c1-22-17-8-7-16(11-15(17)12-19(22)24)27(25,26)21-13-18(23)20-10-9-14-5-3-2-4-6-14/h5,7-8,11,21H,2-4,6,9-10,12-13H2,1H3,(H,20,23). The zero-order valence-corrected chi connectivity index (χ0v) is 16.3. The molecule has 8 heteroatoms. The van der Waals surface area contributed by atoms with Crippen LogP contribution >= 0.6 is 0 Å². The second-order valence-corrected chi connectivity index (χ2v) is 8.72. The summed E-state index contributed by atoms with van der Waals surface area (Å²) in [6.45, 7) is 0.205. The number of carbonyl (C=O) groups is 2. The third kappa shape index (κ3) is 4.75. The number of allylic oxidation sites excluding steroid dienone is 1. The van der Waals surface area contributed by atoms with Crippen LogP contribution in [0.5, 0.6) is 0 Å². The van der Waals surface area contributed by atoms with Gasteiger partial charge >= 0.3 is 0 Å². The van der Waals surface area contributed by atoms with Crippen LogP contribution in [0.25, 0.3) is 0 Å². The molecule has 3 rings (SSSR count). The highest BCUT2D eigenvalue weighted by molar-refractivity contribution is 7.89. The second-order valence-electron chi connectivity index (χ2n) is 6.95. The fourth-order valence-electron chi connectivity index (χ4n) is 3.41. The molecule has 1 aliphatic heterocycles. The van der Waals surface area contributed by atoms with Gasteiger partial charge in [-0.15, -0.1) is 0 Å². The van der Waals surface area contributed by atoms with E-state index in [0.717, 1.165) is 19.3 Å². The van der Waals surface area contributed by atoms with Crippen LogP contribution in [-0.4, -0.2) is 40.4 Å². The van der Waals surface area contributed by atoms with E-state index in [4.69, 9.17) is 0 Å². The highest BCUT2D eigenvalue weighted by Gasteiger charge is 2.26. The van der Waals surface area contributed by atoms with E-state index in [-0.39, 0.29) is 29.7 Å². The van der Waals surface area contributed by atoms with Gasteiger partial charge in [0, 0.05) is 19.3 Å². The number of fused-ring (bicyclic) bond motifs is 1. The van der Waals surface area contributed by atoms with E-state index in [2.05, 4.69) is 16.1 Å². The molecule has 1 heterocycles. The van der Waals surface area contributed by atoms with Crippen LogP contribution in [0.15, 0.2) is 34.7 Å². The van der Waals surface area contributed by atoms with Crippen molar-refractivity contribution in [3.05, 3.63) is 35.4 Å². The fraction of sp³-hybridized carbons (Fsp3) is 0.474. The minimum Gasteiger partial charge on any atom is -0.355 e. The number of rotatable bonds is 7. The smallest absolute Gasteiger partial charge is 0.241 e. The molecule has 0 radical (unpaired) electrons. The molecular weight excluding hydrogens is 366 g/mol. The topological polar surface area (TPSA) is 95.6 Å². The Morgan fingerprint density at radius 1 is 1.26 bits per heavy atom. The molecule has 0 fully saturated rings. The van der Waals surface area contributed by atoms with Crippen LogP contribution < -0.4 is 14.9 Å². The van der Waals surface area contributed by atoms with E-state index >= 15 is 0 Å². The van der Waals surface area contributed by atoms with Gasteiger partial charge in [0.2, 0.25) is 21.8 Å². The van der Waals surface area contributed by atoms with Gasteiger partial charge in [0.05, 0.1) is 17.9 Å². The molecule has 0 atom stereocenters. The summed E-state index contributed by atoms with van der Waals surface area (Å²) < 4.78 is 27.2. The van der Waals surface area contributed by atoms with Gasteiger partial charge in [-0.2, -0.15) is 0 Å². The number of nitrogens with one attached hydrogen (secondary N) is 2. The van der Waals surface area contributed by atoms with Gasteiger partial charge in [-0.05, 0) is 55.9 Å². The lowest BCUT2D eigenvalue weighted by molar-refractivity contribution is -0.120. The Hall–Kier alpha value is -2.19. The van der Waals surface area contributed by atoms with Crippen LogP contribution in [0.4, 0.5) is 5.69 Å². The summed E-state index contributed by atoms with van der Waals surface area (Å²) in [6.07, 6.45) is 7.83. The maximum Gasteiger partial charge on any atom is 0.241 e. The monoisotopic (exact) mass is 391 g/mol. The Morgan fingerprint density at radius 3 is 2.81 bits per heavy atom. The minimum absolute atomic E-state index is 0.0597. The van der Waals surface area contributed by atoms with Gasteiger partial charge in [0.1, 0.15) is 0 Å². The molecule has 2 aliphatic rings. The molecule has 0 saturated heterocycles. The molecule has 0 spiro atoms. The first-order valence-electron chi connectivity index (χ1n) is 9.20. The third-order valence-electron chi connectivity index (χ3n) is 5.01. The predicted octanol–water partition coefficient (Wildman–Crippen LogP) is 1.49. The Bertz CT molecular complexity index is 877. The Labute approximate surface area is 159 Å². The van der Waals surface area contributed by atoms with E-state index in [1.54, 1.807) is 13.1 Å². The predicted molar refractivity (Wildman–Crippen MR) is 103 cm³/mol. The molecule has 146 valence electrons. The van der Waals surface area contributed by atoms with Gasteiger partial charge in [0.15, 0.2) is 0 Å². The number of amides is 2. The number of sulfonamides is 1. The van der Waals surface area contributed by atoms with Gasteiger partial charge in [0.25, 0.3) is 0 Å². The van der Waals surface area contributed by atoms with E-state index in [1.165, 1.54) is 35.4 Å². The first kappa shape index (κ1) is 19.6. The fourth-order valence-corrected chi connectivity index (χ4v) is 4.45. The van der Waals surface area contributed by atoms with Crippen molar-refractivity contribution in [2.45, 2.75) is 43.4 Å². The lowest BCUT2D eigenvalue weighted by Crippen LogP contribution is -2.37. The molecular formula is C19H25N3O4S. The number of carbonyl (C=O) groups excluding carboxylic acids is 2. The first-order chi connectivity index (χ1) is 12.9. The zero-order chi connectivity index (χ0) is 19.4. The summed E-state index contributed by atoms with van der Waals surface area (Å²) in [5, 5.41) is 2.75. The average Bonchev–Trinajstić information content (AvgIpc) is 2.94. The first-order valence-corrected chi connectivity index (χ1v) is 10.7. The van der Waals surface area contributed by atoms with Gasteiger partial charge in [-0.1, -0.05) is 11.6 Å². The SMILES string of the molecule is CN1C(=O)Cc2cc(S(=O)(=O)NCC(=O)NCCC3=CCCCC3)ccc21. The molecule has 1 aromatic carbocycles. The molecule has 7 nitrogen and oxygen atoms in total. The maximum absolute atomic E-state index is 12.4. The largest absolute Gasteiger partial charge is 0.355 e. The summed E-state index contributed by atoms with van der Waals surface area (Å²) in [4.78, 5) is 25.2. The Balaban J connectivity index is 1.51. The van der Waals surface area contributed by atoms with Gasteiger partial charge in [-0.3, -0.25) is 9.59 Å². The van der Waals surface area contributed by atoms with Crippen molar-refractivity contribution in [2.24, 2.45) is 0 Å². The number of likely N-dealkylation sites (N-methyl/N-ethyl adjacent to an activating group) is 1. The normalized spacial score (nSPS) is 16.9. The number of hydrogen-bond donors (Lipinski definition) is 2. The molecule has 0 bridgehead atoms. The highest BCUT2D eigenvalue weighted by Crippen LogP contribution is 2.29. The third-order valence-corrected chi connectivity index (χ3v) is 6.41. The van der Waals surface area contributed by atoms with Crippen molar-refractivity contribution in [3.8, 4) is 0 Å². The molecule has 27 heavy (non-hydrogen) atoms. The quantitative estimate of drug-likeness (QED) is 0.689. The lowest BCUT2D eigenvalue weighted by atomic mass is 9.97. The maximum atomic E-state index is 12.4. The van der Waals surface area contributed by atoms with Crippen LogP contribution in [0.2, 0.25) is 0 Å². The van der Waals surface area contributed by atoms with Crippen LogP contribution in [0.3, 0.4) is 0 Å². The molecule has 2 N–H and O–H groups in total. The van der Waals surface area contributed by atoms with E-state index in [1.807, 2.05) is 0 Å². The summed E-state index contributed by atoms with van der Waals surface area (Å²) in [5.41, 5.74) is 2.75. The summed E-state index contributed by atoms with van der Waals surface area (Å²) in [7, 11) is -2.15. The highest BCUT2D eigenvalue weighted by atomic mass is 32.2. The van der Waals surface area contributed by atoms with Crippen molar-refractivity contribution in [2.75, 3.05) is 25.0 Å². The van der Waals surface area contributed by atoms with Crippen molar-refractivity contribution in [1.82, 2.24) is 10.0 Å². The molecule has 0 unspecified atom stereocenters. The lowest BCUT2D eigenvalue weighted by Gasteiger charge is -2.13. The number of benzene rings is 1. The van der Waals surface area contributed by atoms with Crippen molar-refractivity contribution in [3.63, 3.8) is 0 Å². The number of nitrogens with zero attached hydrogens (tertiary/aromatic N) is 1. The minimum atomic E-state index is -3.81. The summed E-state index contributed by atoms with van der Waals surface area (Å²) >= 11 is 0. The molecule has 1 aliphatic carbocycles. The van der Waals surface area contributed by atoms with E-state index in [0.29, 0.717) is 17.8 Å². The molecule has 0 saturated carbocycles. The number of anilines is 1. The van der Waals surface area contributed by atoms with Crippen molar-refractivity contribution in [1.29, 1.82) is 0 Å². The molecule has 0 aromatic heterocycles. The molecule has 1 aromatic rings. The summed E-state index contributed by atoms with van der Waals surface area (Å²) in [5.74, 6) is -0.425. The van der Waals surface area contributed by atoms with Crippen molar-refractivity contribution < 1.29 is 18.0 Å². The summed E-state index contributed by atoms with van der Waals surface area (Å²) in [6, 6.07) is 4.56. The average molecular weight is 391 g/mol. The zero-order valence-electron chi connectivity index (χ0n) is 15.5. The van der Waals surface area contributed by atoms with Crippen LogP contribution in [0, 0.1) is 0 Å².